The second-order valence-corrected chi connectivity index (χ2v) is 15.4. The number of ether oxygens (including phenoxy) is 3. The van der Waals surface area contributed by atoms with Crippen molar-refractivity contribution in [3.8, 4) is 45.3 Å². The lowest BCUT2D eigenvalue weighted by atomic mass is 9.84. The maximum atomic E-state index is 12.9. The fourth-order valence-electron chi connectivity index (χ4n) is 6.73. The van der Waals surface area contributed by atoms with Crippen LogP contribution in [0.1, 0.15) is 63.8 Å². The summed E-state index contributed by atoms with van der Waals surface area (Å²) in [5, 5.41) is 12.9. The molecule has 4 N–H and O–H groups in total. The first-order valence-electron chi connectivity index (χ1n) is 18.1. The molecule has 2 fully saturated rings. The van der Waals surface area contributed by atoms with Crippen LogP contribution in [0.3, 0.4) is 0 Å². The van der Waals surface area contributed by atoms with Crippen LogP contribution in [0.5, 0.6) is 11.6 Å². The van der Waals surface area contributed by atoms with Gasteiger partial charge in [-0.15, -0.1) is 0 Å². The number of alkyl carbamates (subject to hydrolysis) is 1. The Kier molecular flexibility index (Phi) is 12.4. The van der Waals surface area contributed by atoms with E-state index in [1.54, 1.807) is 19.5 Å². The van der Waals surface area contributed by atoms with Crippen molar-refractivity contribution in [2.24, 2.45) is 5.41 Å². The molecule has 3 atom stereocenters. The number of pyridine rings is 1. The number of carbonyl (C=O) groups excluding carboxylic acids is 3. The molecule has 0 bridgehead atoms. The number of methoxy groups -OCH3 is 2. The van der Waals surface area contributed by atoms with Gasteiger partial charge in [0.25, 0.3) is 0 Å². The van der Waals surface area contributed by atoms with Crippen molar-refractivity contribution in [3.05, 3.63) is 76.2 Å². The number of carbonyl (C=O) groups is 3. The van der Waals surface area contributed by atoms with E-state index < -0.39 is 17.6 Å². The summed E-state index contributed by atoms with van der Waals surface area (Å²) < 4.78 is 16.9. The van der Waals surface area contributed by atoms with Gasteiger partial charge in [0, 0.05) is 66.0 Å². The number of halogens is 2. The zero-order valence-electron chi connectivity index (χ0n) is 31.4. The number of nitrogens with zero attached hydrogens (tertiary/aromatic N) is 3. The third kappa shape index (κ3) is 9.29. The third-order valence-electron chi connectivity index (χ3n) is 9.67. The van der Waals surface area contributed by atoms with E-state index in [4.69, 9.17) is 47.4 Å². The lowest BCUT2D eigenvalue weighted by Crippen LogP contribution is -2.39. The maximum absolute atomic E-state index is 12.9. The average molecular weight is 791 g/mol. The Labute approximate surface area is 330 Å². The molecule has 2 saturated heterocycles. The first-order chi connectivity index (χ1) is 26.4. The van der Waals surface area contributed by atoms with E-state index in [0.29, 0.717) is 81.9 Å². The normalized spacial score (nSPS) is 17.4. The van der Waals surface area contributed by atoms with Gasteiger partial charge < -0.3 is 35.5 Å². The predicted octanol–water partition coefficient (Wildman–Crippen LogP) is 6.66. The van der Waals surface area contributed by atoms with E-state index in [0.717, 1.165) is 17.5 Å². The van der Waals surface area contributed by atoms with Gasteiger partial charge in [-0.05, 0) is 30.4 Å². The van der Waals surface area contributed by atoms with Crippen molar-refractivity contribution in [2.75, 3.05) is 27.4 Å². The van der Waals surface area contributed by atoms with E-state index in [1.165, 1.54) is 7.11 Å². The molecular weight excluding hydrogens is 745 g/mol. The number of nitrogens with one attached hydrogen (secondary N) is 4. The standard InChI is InChI=1S/C40H45Cl2N7O6/c1-40(2,3)37(49-39(52)55-21-25-12-14-32(51)47-25)36-38(54-5)48-29(20-45-36)28-8-6-7-26(33(28)41)27-15-16-44-35(34(27)42)22-9-10-23(30(17-22)53-4)18-43-19-24-11-13-31(50)46-24/h6-10,15-17,20,24-25,37,43H,11-14,18-19,21H2,1-5H3,(H,46,50)(H,47,51)(H,49,52)/t24-,25-,37?/m0/s1. The van der Waals surface area contributed by atoms with Crippen LogP contribution in [-0.2, 0) is 20.9 Å². The summed E-state index contributed by atoms with van der Waals surface area (Å²) in [6, 6.07) is 12.5. The van der Waals surface area contributed by atoms with Crippen molar-refractivity contribution in [1.82, 2.24) is 36.2 Å². The number of amides is 3. The van der Waals surface area contributed by atoms with E-state index in [1.807, 2.05) is 63.2 Å². The lowest BCUT2D eigenvalue weighted by molar-refractivity contribution is -0.120. The van der Waals surface area contributed by atoms with Gasteiger partial charge in [-0.1, -0.05) is 74.3 Å². The van der Waals surface area contributed by atoms with Gasteiger partial charge in [-0.25, -0.2) is 9.78 Å². The van der Waals surface area contributed by atoms with Crippen molar-refractivity contribution in [1.29, 1.82) is 0 Å². The van der Waals surface area contributed by atoms with Crippen LogP contribution in [0.15, 0.2) is 54.9 Å². The zero-order valence-corrected chi connectivity index (χ0v) is 32.9. The van der Waals surface area contributed by atoms with Crippen molar-refractivity contribution >= 4 is 41.1 Å². The molecule has 4 aromatic rings. The molecule has 3 amide bonds. The van der Waals surface area contributed by atoms with E-state index in [-0.39, 0.29) is 36.4 Å². The Balaban J connectivity index is 1.23. The summed E-state index contributed by atoms with van der Waals surface area (Å²) in [5.41, 5.74) is 4.59. The smallest absolute Gasteiger partial charge is 0.407 e. The Hall–Kier alpha value is -4.98. The van der Waals surface area contributed by atoms with Gasteiger partial charge >= 0.3 is 6.09 Å². The van der Waals surface area contributed by atoms with Gasteiger partial charge in [0.2, 0.25) is 17.7 Å². The molecule has 13 nitrogen and oxygen atoms in total. The Bertz CT molecular complexity index is 2070. The summed E-state index contributed by atoms with van der Waals surface area (Å²) >= 11 is 14.2. The second-order valence-electron chi connectivity index (χ2n) is 14.6. The third-order valence-corrected chi connectivity index (χ3v) is 10.5. The molecule has 1 unspecified atom stereocenters. The fraction of sp³-hybridized carbons (Fsp3) is 0.400. The highest BCUT2D eigenvalue weighted by molar-refractivity contribution is 6.39. The van der Waals surface area contributed by atoms with Crippen LogP contribution in [0.25, 0.3) is 33.6 Å². The molecule has 0 aliphatic carbocycles. The Morgan fingerprint density at radius 2 is 1.64 bits per heavy atom. The fourth-order valence-corrected chi connectivity index (χ4v) is 7.38. The first-order valence-corrected chi connectivity index (χ1v) is 18.9. The van der Waals surface area contributed by atoms with Crippen molar-refractivity contribution in [3.63, 3.8) is 0 Å². The van der Waals surface area contributed by atoms with Gasteiger partial charge in [0.05, 0.1) is 53.9 Å². The topological polar surface area (TPSA) is 166 Å². The minimum Gasteiger partial charge on any atom is -0.496 e. The van der Waals surface area contributed by atoms with Crippen LogP contribution in [0, 0.1) is 5.41 Å². The average Bonchev–Trinajstić information content (AvgIpc) is 3.79. The zero-order chi connectivity index (χ0) is 39.3. The molecule has 2 aliphatic heterocycles. The van der Waals surface area contributed by atoms with Crippen molar-refractivity contribution in [2.45, 2.75) is 71.1 Å². The molecule has 0 saturated carbocycles. The minimum absolute atomic E-state index is 0.0538. The molecular formula is C40H45Cl2N7O6. The molecule has 2 aromatic carbocycles. The highest BCUT2D eigenvalue weighted by Gasteiger charge is 2.34. The quantitative estimate of drug-likeness (QED) is 0.115. The molecule has 2 aromatic heterocycles. The molecule has 2 aliphatic rings. The molecule has 0 spiro atoms. The van der Waals surface area contributed by atoms with Crippen LogP contribution >= 0.6 is 23.2 Å². The number of hydrogen-bond donors (Lipinski definition) is 4. The molecule has 55 heavy (non-hydrogen) atoms. The lowest BCUT2D eigenvalue weighted by Gasteiger charge is -2.31. The van der Waals surface area contributed by atoms with E-state index in [9.17, 15) is 14.4 Å². The highest BCUT2D eigenvalue weighted by atomic mass is 35.5. The maximum Gasteiger partial charge on any atom is 0.407 e. The van der Waals surface area contributed by atoms with Crippen LogP contribution in [-0.4, -0.2) is 72.3 Å². The SMILES string of the molecule is COc1cc(-c2nccc(-c3cccc(-c4cnc(C(NC(=O)OC[C@@H]5CCC(=O)N5)C(C)(C)C)c(OC)n4)c3Cl)c2Cl)ccc1CNC[C@@H]1CCC(=O)N1. The number of benzene rings is 2. The van der Waals surface area contributed by atoms with Crippen LogP contribution in [0.4, 0.5) is 4.79 Å². The van der Waals surface area contributed by atoms with Crippen LogP contribution in [0.2, 0.25) is 10.0 Å². The summed E-state index contributed by atoms with van der Waals surface area (Å²) in [7, 11) is 3.11. The molecule has 0 radical (unpaired) electrons. The van der Waals surface area contributed by atoms with Gasteiger partial charge in [0.15, 0.2) is 0 Å². The summed E-state index contributed by atoms with van der Waals surface area (Å²) in [4.78, 5) is 50.1. The molecule has 290 valence electrons. The van der Waals surface area contributed by atoms with Crippen LogP contribution < -0.4 is 30.7 Å². The summed E-state index contributed by atoms with van der Waals surface area (Å²) in [5.74, 6) is 0.928. The van der Waals surface area contributed by atoms with Crippen molar-refractivity contribution < 1.29 is 28.6 Å². The largest absolute Gasteiger partial charge is 0.496 e. The Morgan fingerprint density at radius 3 is 2.31 bits per heavy atom. The predicted molar refractivity (Wildman–Crippen MR) is 210 cm³/mol. The number of hydrogen-bond acceptors (Lipinski definition) is 10. The van der Waals surface area contributed by atoms with Gasteiger partial charge in [0.1, 0.15) is 18.1 Å². The summed E-state index contributed by atoms with van der Waals surface area (Å²) in [6.07, 6.45) is 5.04. The van der Waals surface area contributed by atoms with Gasteiger partial charge in [-0.3, -0.25) is 19.6 Å². The van der Waals surface area contributed by atoms with Gasteiger partial charge in [-0.2, -0.15) is 0 Å². The minimum atomic E-state index is -0.642. The molecule has 15 heteroatoms. The Morgan fingerprint density at radius 1 is 0.927 bits per heavy atom. The molecule has 6 rings (SSSR count). The summed E-state index contributed by atoms with van der Waals surface area (Å²) in [6.45, 7) is 7.18. The highest BCUT2D eigenvalue weighted by Crippen LogP contribution is 2.43. The molecule has 4 heterocycles. The monoisotopic (exact) mass is 789 g/mol. The van der Waals surface area contributed by atoms with E-state index in [2.05, 4.69) is 26.3 Å². The first kappa shape index (κ1) is 39.7. The second kappa shape index (κ2) is 17.2. The number of aromatic nitrogens is 3. The number of rotatable bonds is 13. The van der Waals surface area contributed by atoms with E-state index >= 15 is 0 Å².